The molecule has 1 atom stereocenters. The molecule has 0 radical (unpaired) electrons. The van der Waals surface area contributed by atoms with Gasteiger partial charge in [-0.1, -0.05) is 36.4 Å². The Balaban J connectivity index is 1.51. The van der Waals surface area contributed by atoms with Crippen LogP contribution in [0.25, 0.3) is 0 Å². The zero-order valence-corrected chi connectivity index (χ0v) is 11.6. The van der Waals surface area contributed by atoms with Crippen LogP contribution in [-0.4, -0.2) is 12.6 Å². The fourth-order valence-corrected chi connectivity index (χ4v) is 2.99. The van der Waals surface area contributed by atoms with E-state index < -0.39 is 0 Å². The molecule has 2 heteroatoms. The maximum Gasteiger partial charge on any atom is 0.123 e. The van der Waals surface area contributed by atoms with E-state index >= 15 is 0 Å². The van der Waals surface area contributed by atoms with Crippen LogP contribution in [0, 0.1) is 5.82 Å². The Morgan fingerprint density at radius 2 is 1.90 bits per heavy atom. The van der Waals surface area contributed by atoms with Crippen molar-refractivity contribution in [2.75, 3.05) is 6.54 Å². The number of halogens is 1. The van der Waals surface area contributed by atoms with E-state index in [1.54, 1.807) is 12.1 Å². The molecule has 0 aliphatic heterocycles. The predicted molar refractivity (Wildman–Crippen MR) is 80.4 cm³/mol. The van der Waals surface area contributed by atoms with E-state index in [2.05, 4.69) is 29.6 Å². The van der Waals surface area contributed by atoms with Crippen molar-refractivity contribution < 1.29 is 4.39 Å². The van der Waals surface area contributed by atoms with Crippen LogP contribution < -0.4 is 5.32 Å². The van der Waals surface area contributed by atoms with Crippen LogP contribution in [0.15, 0.2) is 48.5 Å². The van der Waals surface area contributed by atoms with Gasteiger partial charge >= 0.3 is 0 Å². The van der Waals surface area contributed by atoms with Crippen LogP contribution >= 0.6 is 0 Å². The fraction of sp³-hybridized carbons (Fsp3) is 0.333. The monoisotopic (exact) mass is 269 g/mol. The standard InChI is InChI=1S/C18H20FN/c19-17-7-3-4-14(12-17)10-11-20-18-9-8-15-5-1-2-6-16(15)13-18/h1-7,12,18,20H,8-11,13H2. The van der Waals surface area contributed by atoms with Crippen LogP contribution in [0.4, 0.5) is 4.39 Å². The second-order valence-electron chi connectivity index (χ2n) is 5.54. The second-order valence-corrected chi connectivity index (χ2v) is 5.54. The number of fused-ring (bicyclic) bond motifs is 1. The molecule has 0 saturated heterocycles. The van der Waals surface area contributed by atoms with Crippen LogP contribution in [0.5, 0.6) is 0 Å². The van der Waals surface area contributed by atoms with E-state index in [0.717, 1.165) is 31.4 Å². The van der Waals surface area contributed by atoms with Crippen LogP contribution in [0.2, 0.25) is 0 Å². The maximum absolute atomic E-state index is 13.1. The van der Waals surface area contributed by atoms with Crippen molar-refractivity contribution in [2.24, 2.45) is 0 Å². The van der Waals surface area contributed by atoms with Gasteiger partial charge in [-0.15, -0.1) is 0 Å². The lowest BCUT2D eigenvalue weighted by molar-refractivity contribution is 0.461. The normalized spacial score (nSPS) is 17.8. The molecule has 0 bridgehead atoms. The molecule has 0 spiro atoms. The second kappa shape index (κ2) is 6.19. The third kappa shape index (κ3) is 3.26. The lowest BCUT2D eigenvalue weighted by Gasteiger charge is -2.25. The molecule has 1 N–H and O–H groups in total. The van der Waals surface area contributed by atoms with Gasteiger partial charge in [0.1, 0.15) is 5.82 Å². The molecule has 1 aliphatic rings. The summed E-state index contributed by atoms with van der Waals surface area (Å²) in [5.41, 5.74) is 4.03. The summed E-state index contributed by atoms with van der Waals surface area (Å²) in [5.74, 6) is -0.144. The number of nitrogens with one attached hydrogen (secondary N) is 1. The number of hydrogen-bond acceptors (Lipinski definition) is 1. The van der Waals surface area contributed by atoms with Crippen molar-refractivity contribution in [3.8, 4) is 0 Å². The van der Waals surface area contributed by atoms with Gasteiger partial charge in [0, 0.05) is 6.04 Å². The highest BCUT2D eigenvalue weighted by Crippen LogP contribution is 2.20. The number of hydrogen-bond donors (Lipinski definition) is 1. The van der Waals surface area contributed by atoms with Gasteiger partial charge < -0.3 is 5.32 Å². The fourth-order valence-electron chi connectivity index (χ4n) is 2.99. The molecule has 0 aromatic heterocycles. The largest absolute Gasteiger partial charge is 0.313 e. The van der Waals surface area contributed by atoms with Crippen molar-refractivity contribution in [2.45, 2.75) is 31.7 Å². The third-order valence-electron chi connectivity index (χ3n) is 4.08. The average molecular weight is 269 g/mol. The molecule has 1 aliphatic carbocycles. The minimum absolute atomic E-state index is 0.144. The molecule has 1 nitrogen and oxygen atoms in total. The van der Waals surface area contributed by atoms with Crippen molar-refractivity contribution >= 4 is 0 Å². The highest BCUT2D eigenvalue weighted by molar-refractivity contribution is 5.30. The minimum atomic E-state index is -0.144. The minimum Gasteiger partial charge on any atom is -0.313 e. The number of benzene rings is 2. The van der Waals surface area contributed by atoms with Crippen molar-refractivity contribution in [1.29, 1.82) is 0 Å². The van der Waals surface area contributed by atoms with Gasteiger partial charge in [0.15, 0.2) is 0 Å². The molecule has 20 heavy (non-hydrogen) atoms. The highest BCUT2D eigenvalue weighted by atomic mass is 19.1. The zero-order chi connectivity index (χ0) is 13.8. The van der Waals surface area contributed by atoms with Gasteiger partial charge in [0.05, 0.1) is 0 Å². The van der Waals surface area contributed by atoms with Gasteiger partial charge in [-0.25, -0.2) is 4.39 Å². The summed E-state index contributed by atoms with van der Waals surface area (Å²) in [4.78, 5) is 0. The molecular weight excluding hydrogens is 249 g/mol. The first-order chi connectivity index (χ1) is 9.81. The third-order valence-corrected chi connectivity index (χ3v) is 4.08. The summed E-state index contributed by atoms with van der Waals surface area (Å²) in [6.07, 6.45) is 4.35. The van der Waals surface area contributed by atoms with Gasteiger partial charge in [-0.05, 0) is 61.1 Å². The average Bonchev–Trinajstić information content (AvgIpc) is 2.47. The van der Waals surface area contributed by atoms with Crippen molar-refractivity contribution in [1.82, 2.24) is 5.32 Å². The Morgan fingerprint density at radius 1 is 1.05 bits per heavy atom. The molecule has 3 rings (SSSR count). The Kier molecular flexibility index (Phi) is 4.12. The summed E-state index contributed by atoms with van der Waals surface area (Å²) < 4.78 is 13.1. The zero-order valence-electron chi connectivity index (χ0n) is 11.6. The van der Waals surface area contributed by atoms with Crippen LogP contribution in [0.3, 0.4) is 0 Å². The topological polar surface area (TPSA) is 12.0 Å². The van der Waals surface area contributed by atoms with E-state index in [0.29, 0.717) is 6.04 Å². The summed E-state index contributed by atoms with van der Waals surface area (Å²) in [6, 6.07) is 16.1. The van der Waals surface area contributed by atoms with Crippen molar-refractivity contribution in [3.05, 3.63) is 71.0 Å². The first-order valence-corrected chi connectivity index (χ1v) is 7.36. The molecule has 0 heterocycles. The van der Waals surface area contributed by atoms with Gasteiger partial charge in [0.25, 0.3) is 0 Å². The summed E-state index contributed by atoms with van der Waals surface area (Å²) in [7, 11) is 0. The first kappa shape index (κ1) is 13.3. The molecule has 0 amide bonds. The smallest absolute Gasteiger partial charge is 0.123 e. The Morgan fingerprint density at radius 3 is 2.75 bits per heavy atom. The molecule has 2 aromatic rings. The maximum atomic E-state index is 13.1. The SMILES string of the molecule is Fc1cccc(CCNC2CCc3ccccc3C2)c1. The lowest BCUT2D eigenvalue weighted by atomic mass is 9.88. The quantitative estimate of drug-likeness (QED) is 0.895. The Labute approximate surface area is 119 Å². The van der Waals surface area contributed by atoms with Gasteiger partial charge in [0.2, 0.25) is 0 Å². The van der Waals surface area contributed by atoms with Crippen LogP contribution in [0.1, 0.15) is 23.1 Å². The summed E-state index contributed by atoms with van der Waals surface area (Å²) in [6.45, 7) is 0.913. The van der Waals surface area contributed by atoms with E-state index in [1.165, 1.54) is 23.6 Å². The van der Waals surface area contributed by atoms with E-state index in [1.807, 2.05) is 6.07 Å². The van der Waals surface area contributed by atoms with Gasteiger partial charge in [-0.2, -0.15) is 0 Å². The first-order valence-electron chi connectivity index (χ1n) is 7.36. The Hall–Kier alpha value is -1.67. The summed E-state index contributed by atoms with van der Waals surface area (Å²) in [5, 5.41) is 3.61. The lowest BCUT2D eigenvalue weighted by Crippen LogP contribution is -2.35. The predicted octanol–water partition coefficient (Wildman–Crippen LogP) is 3.52. The van der Waals surface area contributed by atoms with Crippen LogP contribution in [-0.2, 0) is 19.3 Å². The highest BCUT2D eigenvalue weighted by Gasteiger charge is 2.17. The molecule has 0 fully saturated rings. The molecule has 104 valence electrons. The van der Waals surface area contributed by atoms with Gasteiger partial charge in [-0.3, -0.25) is 0 Å². The van der Waals surface area contributed by atoms with Crippen molar-refractivity contribution in [3.63, 3.8) is 0 Å². The van der Waals surface area contributed by atoms with E-state index in [-0.39, 0.29) is 5.82 Å². The number of rotatable bonds is 4. The molecular formula is C18H20FN. The van der Waals surface area contributed by atoms with E-state index in [9.17, 15) is 4.39 Å². The number of aryl methyl sites for hydroxylation is 1. The molecule has 1 unspecified atom stereocenters. The molecule has 2 aromatic carbocycles. The van der Waals surface area contributed by atoms with E-state index in [4.69, 9.17) is 0 Å². The summed E-state index contributed by atoms with van der Waals surface area (Å²) >= 11 is 0. The molecule has 0 saturated carbocycles. The Bertz CT molecular complexity index is 579.